The van der Waals surface area contributed by atoms with Gasteiger partial charge < -0.3 is 10.1 Å². The molecule has 0 amide bonds. The second kappa shape index (κ2) is 6.00. The molecule has 106 valence electrons. The summed E-state index contributed by atoms with van der Waals surface area (Å²) in [7, 11) is -1.54. The molecule has 1 aromatic carbocycles. The van der Waals surface area contributed by atoms with Gasteiger partial charge in [0, 0.05) is 19.6 Å². The van der Waals surface area contributed by atoms with E-state index >= 15 is 0 Å². The van der Waals surface area contributed by atoms with Crippen LogP contribution in [0.15, 0.2) is 23.1 Å². The minimum absolute atomic E-state index is 0.366. The van der Waals surface area contributed by atoms with E-state index in [1.165, 1.54) is 4.31 Å². The molecule has 1 fully saturated rings. The highest BCUT2D eigenvalue weighted by Crippen LogP contribution is 2.20. The van der Waals surface area contributed by atoms with Crippen molar-refractivity contribution in [2.75, 3.05) is 33.4 Å². The third kappa shape index (κ3) is 3.14. The number of benzene rings is 1. The van der Waals surface area contributed by atoms with E-state index in [-0.39, 0.29) is 0 Å². The molecule has 0 radical (unpaired) electrons. The van der Waals surface area contributed by atoms with Gasteiger partial charge in [-0.3, -0.25) is 0 Å². The van der Waals surface area contributed by atoms with E-state index in [0.717, 1.165) is 11.1 Å². The monoisotopic (exact) mass is 284 g/mol. The van der Waals surface area contributed by atoms with Crippen LogP contribution in [0.5, 0.6) is 0 Å². The minimum atomic E-state index is -3.39. The fourth-order valence-corrected chi connectivity index (χ4v) is 3.58. The number of hydrogen-bond donors (Lipinski definition) is 1. The van der Waals surface area contributed by atoms with Crippen molar-refractivity contribution >= 4 is 10.0 Å². The number of nitrogens with one attached hydrogen (secondary N) is 1. The van der Waals surface area contributed by atoms with Crippen LogP contribution in [-0.2, 0) is 21.3 Å². The average Bonchev–Trinajstić information content (AvgIpc) is 2.42. The lowest BCUT2D eigenvalue weighted by Gasteiger charge is -2.26. The third-order valence-electron chi connectivity index (χ3n) is 3.30. The first-order chi connectivity index (χ1) is 9.05. The zero-order valence-corrected chi connectivity index (χ0v) is 12.2. The fourth-order valence-electron chi connectivity index (χ4n) is 2.13. The Morgan fingerprint density at radius 3 is 2.63 bits per heavy atom. The van der Waals surface area contributed by atoms with Gasteiger partial charge in [-0.05, 0) is 37.2 Å². The maximum Gasteiger partial charge on any atom is 0.243 e. The number of nitrogens with zero attached hydrogens (tertiary/aromatic N) is 1. The van der Waals surface area contributed by atoms with Crippen molar-refractivity contribution in [3.63, 3.8) is 0 Å². The summed E-state index contributed by atoms with van der Waals surface area (Å²) in [6.45, 7) is 4.44. The van der Waals surface area contributed by atoms with Gasteiger partial charge in [0.25, 0.3) is 0 Å². The number of morpholine rings is 1. The van der Waals surface area contributed by atoms with Crippen LogP contribution in [0.2, 0.25) is 0 Å². The van der Waals surface area contributed by atoms with Crippen LogP contribution < -0.4 is 5.32 Å². The standard InChI is InChI=1S/C13H20N2O3S/c1-11-3-4-13(9-12(11)10-14-2)19(16,17)15-5-7-18-8-6-15/h3-4,9,14H,5-8,10H2,1-2H3. The number of hydrogen-bond acceptors (Lipinski definition) is 4. The summed E-state index contributed by atoms with van der Waals surface area (Å²) < 4.78 is 31.7. The van der Waals surface area contributed by atoms with Crippen LogP contribution in [0.3, 0.4) is 0 Å². The highest BCUT2D eigenvalue weighted by atomic mass is 32.2. The van der Waals surface area contributed by atoms with Crippen LogP contribution >= 0.6 is 0 Å². The molecule has 0 spiro atoms. The molecule has 1 N–H and O–H groups in total. The molecule has 1 heterocycles. The predicted molar refractivity (Wildman–Crippen MR) is 73.5 cm³/mol. The Hall–Kier alpha value is -0.950. The van der Waals surface area contributed by atoms with Gasteiger partial charge in [0.05, 0.1) is 18.1 Å². The fraction of sp³-hybridized carbons (Fsp3) is 0.538. The molecule has 0 bridgehead atoms. The quantitative estimate of drug-likeness (QED) is 0.886. The molecule has 5 nitrogen and oxygen atoms in total. The summed E-state index contributed by atoms with van der Waals surface area (Å²) in [6.07, 6.45) is 0. The molecule has 1 aliphatic rings. The number of sulfonamides is 1. The van der Waals surface area contributed by atoms with Crippen LogP contribution in [0.4, 0.5) is 0 Å². The topological polar surface area (TPSA) is 58.6 Å². The molecule has 19 heavy (non-hydrogen) atoms. The Morgan fingerprint density at radius 1 is 1.32 bits per heavy atom. The van der Waals surface area contributed by atoms with E-state index in [0.29, 0.717) is 37.7 Å². The van der Waals surface area contributed by atoms with E-state index in [2.05, 4.69) is 5.32 Å². The van der Waals surface area contributed by atoms with E-state index in [1.54, 1.807) is 12.1 Å². The van der Waals surface area contributed by atoms with Gasteiger partial charge in [-0.1, -0.05) is 6.07 Å². The lowest BCUT2D eigenvalue weighted by molar-refractivity contribution is 0.0730. The van der Waals surface area contributed by atoms with E-state index in [1.807, 2.05) is 20.0 Å². The largest absolute Gasteiger partial charge is 0.379 e. The zero-order valence-electron chi connectivity index (χ0n) is 11.3. The lowest BCUT2D eigenvalue weighted by atomic mass is 10.1. The smallest absolute Gasteiger partial charge is 0.243 e. The summed E-state index contributed by atoms with van der Waals surface area (Å²) in [4.78, 5) is 0.366. The Labute approximate surface area is 114 Å². The SMILES string of the molecule is CNCc1cc(S(=O)(=O)N2CCOCC2)ccc1C. The molecule has 0 atom stereocenters. The first kappa shape index (κ1) is 14.5. The van der Waals surface area contributed by atoms with Crippen LogP contribution in [0.25, 0.3) is 0 Å². The molecule has 1 saturated heterocycles. The second-order valence-electron chi connectivity index (χ2n) is 4.64. The van der Waals surface area contributed by atoms with E-state index in [4.69, 9.17) is 4.74 Å². The highest BCUT2D eigenvalue weighted by molar-refractivity contribution is 7.89. The summed E-state index contributed by atoms with van der Waals surface area (Å²) in [6, 6.07) is 5.30. The number of aryl methyl sites for hydroxylation is 1. The van der Waals surface area contributed by atoms with Gasteiger partial charge in [0.2, 0.25) is 10.0 Å². The summed E-state index contributed by atoms with van der Waals surface area (Å²) in [5, 5.41) is 3.05. The Balaban J connectivity index is 2.31. The zero-order chi connectivity index (χ0) is 13.9. The summed E-state index contributed by atoms with van der Waals surface area (Å²) in [5.41, 5.74) is 2.10. The Kier molecular flexibility index (Phi) is 4.57. The molecule has 0 saturated carbocycles. The molecule has 2 rings (SSSR count). The van der Waals surface area contributed by atoms with Crippen molar-refractivity contribution in [3.8, 4) is 0 Å². The highest BCUT2D eigenvalue weighted by Gasteiger charge is 2.26. The van der Waals surface area contributed by atoms with Crippen LogP contribution in [0.1, 0.15) is 11.1 Å². The Morgan fingerprint density at radius 2 is 2.00 bits per heavy atom. The third-order valence-corrected chi connectivity index (χ3v) is 5.19. The average molecular weight is 284 g/mol. The maximum atomic E-state index is 12.5. The van der Waals surface area contributed by atoms with E-state index < -0.39 is 10.0 Å². The first-order valence-corrected chi connectivity index (χ1v) is 7.82. The summed E-state index contributed by atoms with van der Waals surface area (Å²) >= 11 is 0. The van der Waals surface area contributed by atoms with Crippen LogP contribution in [0, 0.1) is 6.92 Å². The molecule has 1 aliphatic heterocycles. The Bertz CT molecular complexity index is 537. The first-order valence-electron chi connectivity index (χ1n) is 6.37. The number of ether oxygens (including phenoxy) is 1. The summed E-state index contributed by atoms with van der Waals surface area (Å²) in [5.74, 6) is 0. The maximum absolute atomic E-state index is 12.5. The van der Waals surface area contributed by atoms with Gasteiger partial charge >= 0.3 is 0 Å². The minimum Gasteiger partial charge on any atom is -0.379 e. The predicted octanol–water partition coefficient (Wildman–Crippen LogP) is 0.735. The normalized spacial score (nSPS) is 17.6. The van der Waals surface area contributed by atoms with Gasteiger partial charge in [0.1, 0.15) is 0 Å². The molecule has 1 aromatic rings. The molecule has 0 aliphatic carbocycles. The number of rotatable bonds is 4. The molecular formula is C13H20N2O3S. The van der Waals surface area contributed by atoms with Crippen molar-refractivity contribution in [3.05, 3.63) is 29.3 Å². The van der Waals surface area contributed by atoms with Crippen molar-refractivity contribution < 1.29 is 13.2 Å². The second-order valence-corrected chi connectivity index (χ2v) is 6.57. The van der Waals surface area contributed by atoms with Crippen molar-refractivity contribution in [2.45, 2.75) is 18.4 Å². The molecule has 0 aromatic heterocycles. The van der Waals surface area contributed by atoms with Crippen molar-refractivity contribution in [1.82, 2.24) is 9.62 Å². The van der Waals surface area contributed by atoms with Crippen LogP contribution in [-0.4, -0.2) is 46.1 Å². The molecule has 0 unspecified atom stereocenters. The van der Waals surface area contributed by atoms with Gasteiger partial charge in [-0.15, -0.1) is 0 Å². The van der Waals surface area contributed by atoms with E-state index in [9.17, 15) is 8.42 Å². The van der Waals surface area contributed by atoms with Gasteiger partial charge in [-0.25, -0.2) is 8.42 Å². The van der Waals surface area contributed by atoms with Crippen molar-refractivity contribution in [1.29, 1.82) is 0 Å². The lowest BCUT2D eigenvalue weighted by Crippen LogP contribution is -2.40. The van der Waals surface area contributed by atoms with Gasteiger partial charge in [-0.2, -0.15) is 4.31 Å². The molecular weight excluding hydrogens is 264 g/mol. The van der Waals surface area contributed by atoms with Crippen molar-refractivity contribution in [2.24, 2.45) is 0 Å². The van der Waals surface area contributed by atoms with Gasteiger partial charge in [0.15, 0.2) is 0 Å². The molecule has 6 heteroatoms.